The van der Waals surface area contributed by atoms with Crippen LogP contribution in [0.15, 0.2) is 30.3 Å². The molecule has 4 nitrogen and oxygen atoms in total. The number of aromatic nitrogens is 2. The van der Waals surface area contributed by atoms with Crippen LogP contribution in [0.2, 0.25) is 0 Å². The molecular weight excluding hydrogens is 258 g/mol. The van der Waals surface area contributed by atoms with Crippen LogP contribution >= 0.6 is 11.8 Å². The zero-order chi connectivity index (χ0) is 13.4. The van der Waals surface area contributed by atoms with Gasteiger partial charge in [-0.1, -0.05) is 24.3 Å². The van der Waals surface area contributed by atoms with Crippen LogP contribution in [0.5, 0.6) is 0 Å². The van der Waals surface area contributed by atoms with Crippen molar-refractivity contribution in [3.05, 3.63) is 47.2 Å². The number of thioether (sulfide) groups is 1. The molecule has 1 fully saturated rings. The topological polar surface area (TPSA) is 49.0 Å². The van der Waals surface area contributed by atoms with Crippen molar-refractivity contribution < 1.29 is 4.79 Å². The Kier molecular flexibility index (Phi) is 3.06. The minimum Gasteiger partial charge on any atom is -0.281 e. The van der Waals surface area contributed by atoms with E-state index in [0.29, 0.717) is 11.6 Å². The Morgan fingerprint density at radius 3 is 2.84 bits per heavy atom. The summed E-state index contributed by atoms with van der Waals surface area (Å²) in [7, 11) is 0. The van der Waals surface area contributed by atoms with Crippen molar-refractivity contribution in [3.8, 4) is 0 Å². The van der Waals surface area contributed by atoms with Crippen LogP contribution in [0.1, 0.15) is 22.2 Å². The molecule has 3 rings (SSSR count). The maximum absolute atomic E-state index is 12.1. The molecule has 1 amide bonds. The molecule has 2 heterocycles. The highest BCUT2D eigenvalue weighted by atomic mass is 32.2. The lowest BCUT2D eigenvalue weighted by molar-refractivity contribution is -0.115. The smallest absolute Gasteiger partial charge is 0.239 e. The average Bonchev–Trinajstić information content (AvgIpc) is 2.96. The van der Waals surface area contributed by atoms with Crippen LogP contribution in [-0.4, -0.2) is 21.9 Å². The summed E-state index contributed by atoms with van der Waals surface area (Å²) >= 11 is 1.65. The lowest BCUT2D eigenvalue weighted by Gasteiger charge is -2.23. The highest BCUT2D eigenvalue weighted by molar-refractivity contribution is 8.00. The van der Waals surface area contributed by atoms with E-state index in [-0.39, 0.29) is 11.3 Å². The molecule has 1 aliphatic heterocycles. The zero-order valence-electron chi connectivity index (χ0n) is 10.9. The van der Waals surface area contributed by atoms with Crippen molar-refractivity contribution in [2.45, 2.75) is 19.2 Å². The van der Waals surface area contributed by atoms with Crippen LogP contribution < -0.4 is 4.90 Å². The average molecular weight is 273 g/mol. The second-order valence-electron chi connectivity index (χ2n) is 4.69. The predicted molar refractivity (Wildman–Crippen MR) is 77.2 cm³/mol. The first-order valence-corrected chi connectivity index (χ1v) is 7.23. The molecule has 98 valence electrons. The van der Waals surface area contributed by atoms with Gasteiger partial charge in [-0.05, 0) is 25.0 Å². The second-order valence-corrected chi connectivity index (χ2v) is 5.76. The van der Waals surface area contributed by atoms with Gasteiger partial charge >= 0.3 is 0 Å². The predicted octanol–water partition coefficient (Wildman–Crippen LogP) is 2.81. The molecule has 1 N–H and O–H groups in total. The number of carbonyl (C=O) groups excluding carboxylic acids is 1. The lowest BCUT2D eigenvalue weighted by atomic mass is 10.1. The summed E-state index contributed by atoms with van der Waals surface area (Å²) in [5.41, 5.74) is 3.34. The Balaban J connectivity index is 2.02. The first-order chi connectivity index (χ1) is 9.16. The fourth-order valence-corrected chi connectivity index (χ4v) is 3.55. The van der Waals surface area contributed by atoms with Crippen LogP contribution in [0.3, 0.4) is 0 Å². The van der Waals surface area contributed by atoms with Gasteiger partial charge < -0.3 is 0 Å². The second kappa shape index (κ2) is 4.74. The van der Waals surface area contributed by atoms with E-state index in [0.717, 1.165) is 5.69 Å². The number of nitrogens with zero attached hydrogens (tertiary/aromatic N) is 2. The molecule has 0 radical (unpaired) electrons. The van der Waals surface area contributed by atoms with E-state index in [2.05, 4.69) is 29.3 Å². The van der Waals surface area contributed by atoms with Crippen LogP contribution in [0.25, 0.3) is 0 Å². The number of carbonyl (C=O) groups is 1. The molecule has 2 aromatic rings. The minimum absolute atomic E-state index is 0.0244. The number of aromatic amines is 1. The van der Waals surface area contributed by atoms with E-state index in [1.807, 2.05) is 25.1 Å². The fourth-order valence-electron chi connectivity index (χ4n) is 2.29. The number of nitrogens with one attached hydrogen (secondary N) is 1. The van der Waals surface area contributed by atoms with Crippen molar-refractivity contribution in [2.24, 2.45) is 0 Å². The molecule has 0 bridgehead atoms. The van der Waals surface area contributed by atoms with Crippen molar-refractivity contribution >= 4 is 23.5 Å². The van der Waals surface area contributed by atoms with Crippen LogP contribution in [0, 0.1) is 13.8 Å². The van der Waals surface area contributed by atoms with Gasteiger partial charge in [0.2, 0.25) is 5.91 Å². The van der Waals surface area contributed by atoms with E-state index in [1.54, 1.807) is 16.7 Å². The summed E-state index contributed by atoms with van der Waals surface area (Å²) in [6.45, 7) is 4.01. The standard InChI is InChI=1S/C14H15N3OS/c1-9-5-3-4-6-11(9)14-17(13(18)8-19-14)12-7-10(2)15-16-12/h3-7,14H,8H2,1-2H3,(H,15,16). The minimum atomic E-state index is 0.0244. The summed E-state index contributed by atoms with van der Waals surface area (Å²) < 4.78 is 0. The number of amides is 1. The molecular formula is C14H15N3OS. The van der Waals surface area contributed by atoms with Gasteiger partial charge in [0.25, 0.3) is 0 Å². The van der Waals surface area contributed by atoms with Crippen LogP contribution in [-0.2, 0) is 4.79 Å². The Hall–Kier alpha value is -1.75. The number of anilines is 1. The summed E-state index contributed by atoms with van der Waals surface area (Å²) in [5, 5.41) is 7.14. The number of aryl methyl sites for hydroxylation is 2. The number of hydrogen-bond acceptors (Lipinski definition) is 3. The number of hydrogen-bond donors (Lipinski definition) is 1. The summed E-state index contributed by atoms with van der Waals surface area (Å²) in [6, 6.07) is 10.1. The molecule has 19 heavy (non-hydrogen) atoms. The molecule has 1 aromatic heterocycles. The molecule has 0 saturated carbocycles. The molecule has 1 atom stereocenters. The van der Waals surface area contributed by atoms with Crippen molar-refractivity contribution in [1.29, 1.82) is 0 Å². The van der Waals surface area contributed by atoms with Gasteiger partial charge in [-0.3, -0.25) is 14.8 Å². The van der Waals surface area contributed by atoms with E-state index >= 15 is 0 Å². The van der Waals surface area contributed by atoms with Gasteiger partial charge in [0.1, 0.15) is 5.37 Å². The molecule has 1 aliphatic rings. The SMILES string of the molecule is Cc1cc(N2C(=O)CSC2c2ccccc2C)n[nH]1. The van der Waals surface area contributed by atoms with Crippen molar-refractivity contribution in [2.75, 3.05) is 10.7 Å². The summed E-state index contributed by atoms with van der Waals surface area (Å²) in [6.07, 6.45) is 0. The third kappa shape index (κ3) is 2.14. The first kappa shape index (κ1) is 12.3. The maximum Gasteiger partial charge on any atom is 0.239 e. The molecule has 1 unspecified atom stereocenters. The maximum atomic E-state index is 12.1. The third-order valence-electron chi connectivity index (χ3n) is 3.26. The van der Waals surface area contributed by atoms with E-state index in [1.165, 1.54) is 11.1 Å². The van der Waals surface area contributed by atoms with Gasteiger partial charge in [-0.2, -0.15) is 5.10 Å². The Labute approximate surface area is 116 Å². The normalized spacial score (nSPS) is 19.2. The number of benzene rings is 1. The monoisotopic (exact) mass is 273 g/mol. The van der Waals surface area contributed by atoms with E-state index in [9.17, 15) is 4.79 Å². The number of rotatable bonds is 2. The fraction of sp³-hybridized carbons (Fsp3) is 0.286. The first-order valence-electron chi connectivity index (χ1n) is 6.18. The van der Waals surface area contributed by atoms with Crippen LogP contribution in [0.4, 0.5) is 5.82 Å². The lowest BCUT2D eigenvalue weighted by Crippen LogP contribution is -2.28. The summed E-state index contributed by atoms with van der Waals surface area (Å²) in [4.78, 5) is 13.9. The third-order valence-corrected chi connectivity index (χ3v) is 4.46. The van der Waals surface area contributed by atoms with E-state index in [4.69, 9.17) is 0 Å². The number of H-pyrrole nitrogens is 1. The van der Waals surface area contributed by atoms with Gasteiger partial charge in [-0.25, -0.2) is 0 Å². The largest absolute Gasteiger partial charge is 0.281 e. The highest BCUT2D eigenvalue weighted by Gasteiger charge is 2.35. The summed E-state index contributed by atoms with van der Waals surface area (Å²) in [5.74, 6) is 1.33. The van der Waals surface area contributed by atoms with Gasteiger partial charge in [0, 0.05) is 11.8 Å². The van der Waals surface area contributed by atoms with Crippen molar-refractivity contribution in [3.63, 3.8) is 0 Å². The Morgan fingerprint density at radius 2 is 2.16 bits per heavy atom. The Bertz CT molecular complexity index is 623. The molecule has 0 aliphatic carbocycles. The van der Waals surface area contributed by atoms with E-state index < -0.39 is 0 Å². The molecule has 0 spiro atoms. The Morgan fingerprint density at radius 1 is 1.37 bits per heavy atom. The molecule has 1 aromatic carbocycles. The highest BCUT2D eigenvalue weighted by Crippen LogP contribution is 2.42. The molecule has 5 heteroatoms. The van der Waals surface area contributed by atoms with Gasteiger partial charge in [-0.15, -0.1) is 11.8 Å². The zero-order valence-corrected chi connectivity index (χ0v) is 11.7. The van der Waals surface area contributed by atoms with Crippen molar-refractivity contribution in [1.82, 2.24) is 10.2 Å². The van der Waals surface area contributed by atoms with Gasteiger partial charge in [0.05, 0.1) is 5.75 Å². The van der Waals surface area contributed by atoms with Gasteiger partial charge in [0.15, 0.2) is 5.82 Å². The quantitative estimate of drug-likeness (QED) is 0.915. The molecule has 1 saturated heterocycles.